The fourth-order valence-corrected chi connectivity index (χ4v) is 2.49. The molecule has 1 heterocycles. The molecule has 1 amide bonds. The van der Waals surface area contributed by atoms with Crippen LogP contribution in [0.3, 0.4) is 0 Å². The van der Waals surface area contributed by atoms with Gasteiger partial charge in [-0.15, -0.1) is 0 Å². The third kappa shape index (κ3) is 3.68. The quantitative estimate of drug-likeness (QED) is 0.657. The minimum Gasteiger partial charge on any atom is -0.352 e. The molecule has 1 saturated heterocycles. The van der Waals surface area contributed by atoms with Crippen molar-refractivity contribution < 1.29 is 9.72 Å². The molecule has 2 rings (SSSR count). The van der Waals surface area contributed by atoms with Gasteiger partial charge in [0.25, 0.3) is 11.6 Å². The lowest BCUT2D eigenvalue weighted by atomic mass is 9.99. The Morgan fingerprint density at radius 1 is 1.55 bits per heavy atom. The number of piperidine rings is 1. The second-order valence-electron chi connectivity index (χ2n) is 4.84. The second kappa shape index (κ2) is 6.67. The average Bonchev–Trinajstić information content (AvgIpc) is 2.45. The molecule has 2 N–H and O–H groups in total. The third-order valence-electron chi connectivity index (χ3n) is 3.36. The highest BCUT2D eigenvalue weighted by molar-refractivity contribution is 6.34. The molecule has 0 radical (unpaired) electrons. The van der Waals surface area contributed by atoms with Crippen LogP contribution in [0.5, 0.6) is 0 Å². The van der Waals surface area contributed by atoms with Crippen molar-refractivity contribution in [1.82, 2.24) is 10.6 Å². The Balaban J connectivity index is 1.96. The van der Waals surface area contributed by atoms with E-state index >= 15 is 0 Å². The van der Waals surface area contributed by atoms with E-state index in [1.165, 1.54) is 18.2 Å². The van der Waals surface area contributed by atoms with Crippen molar-refractivity contribution in [3.8, 4) is 0 Å². The highest BCUT2D eigenvalue weighted by Gasteiger charge is 2.17. The van der Waals surface area contributed by atoms with Crippen molar-refractivity contribution in [3.05, 3.63) is 38.9 Å². The van der Waals surface area contributed by atoms with Gasteiger partial charge in [-0.05, 0) is 37.9 Å². The monoisotopic (exact) mass is 297 g/mol. The summed E-state index contributed by atoms with van der Waals surface area (Å²) in [4.78, 5) is 22.1. The minimum absolute atomic E-state index is 0.0958. The highest BCUT2D eigenvalue weighted by atomic mass is 35.5. The van der Waals surface area contributed by atoms with Crippen LogP contribution < -0.4 is 10.6 Å². The fraction of sp³-hybridized carbons (Fsp3) is 0.462. The molecule has 1 atom stereocenters. The zero-order chi connectivity index (χ0) is 14.5. The lowest BCUT2D eigenvalue weighted by Gasteiger charge is -2.22. The van der Waals surface area contributed by atoms with E-state index in [-0.39, 0.29) is 22.2 Å². The molecule has 0 aliphatic carbocycles. The van der Waals surface area contributed by atoms with Gasteiger partial charge in [-0.3, -0.25) is 14.9 Å². The number of halogens is 1. The standard InChI is InChI=1S/C13H16ClN3O3/c14-12-6-10(17(19)20)3-4-11(12)13(18)16-8-9-2-1-5-15-7-9/h3-4,6,9,15H,1-2,5,7-8H2,(H,16,18)/t9-/m1/s1. The van der Waals surface area contributed by atoms with Crippen molar-refractivity contribution in [2.24, 2.45) is 5.92 Å². The van der Waals surface area contributed by atoms with Crippen molar-refractivity contribution in [2.75, 3.05) is 19.6 Å². The Morgan fingerprint density at radius 3 is 2.95 bits per heavy atom. The number of hydrogen-bond donors (Lipinski definition) is 2. The summed E-state index contributed by atoms with van der Waals surface area (Å²) in [6, 6.07) is 3.86. The van der Waals surface area contributed by atoms with Gasteiger partial charge >= 0.3 is 0 Å². The first-order valence-corrected chi connectivity index (χ1v) is 6.88. The number of benzene rings is 1. The van der Waals surface area contributed by atoms with Gasteiger partial charge in [0.1, 0.15) is 0 Å². The zero-order valence-electron chi connectivity index (χ0n) is 10.9. The van der Waals surface area contributed by atoms with Crippen LogP contribution in [0.4, 0.5) is 5.69 Å². The Hall–Kier alpha value is -1.66. The molecule has 0 aromatic heterocycles. The summed E-state index contributed by atoms with van der Waals surface area (Å²) in [5.41, 5.74) is 0.143. The second-order valence-corrected chi connectivity index (χ2v) is 5.25. The largest absolute Gasteiger partial charge is 0.352 e. The molecule has 7 heteroatoms. The van der Waals surface area contributed by atoms with Gasteiger partial charge in [-0.25, -0.2) is 0 Å². The van der Waals surface area contributed by atoms with E-state index in [0.717, 1.165) is 25.9 Å². The van der Waals surface area contributed by atoms with E-state index < -0.39 is 4.92 Å². The number of nitrogens with zero attached hydrogens (tertiary/aromatic N) is 1. The predicted octanol–water partition coefficient (Wildman–Crippen LogP) is 1.98. The van der Waals surface area contributed by atoms with Crippen LogP contribution in [0.1, 0.15) is 23.2 Å². The lowest BCUT2D eigenvalue weighted by molar-refractivity contribution is -0.384. The first-order chi connectivity index (χ1) is 9.58. The van der Waals surface area contributed by atoms with E-state index in [4.69, 9.17) is 11.6 Å². The number of nitro groups is 1. The Labute approximate surface area is 121 Å². The van der Waals surface area contributed by atoms with Gasteiger partial charge < -0.3 is 10.6 Å². The molecule has 0 saturated carbocycles. The van der Waals surface area contributed by atoms with Crippen molar-refractivity contribution in [3.63, 3.8) is 0 Å². The molecular formula is C13H16ClN3O3. The number of nitrogens with one attached hydrogen (secondary N) is 2. The Morgan fingerprint density at radius 2 is 2.35 bits per heavy atom. The van der Waals surface area contributed by atoms with Gasteiger partial charge in [0.15, 0.2) is 0 Å². The summed E-state index contributed by atoms with van der Waals surface area (Å²) in [5.74, 6) is 0.125. The summed E-state index contributed by atoms with van der Waals surface area (Å²) >= 11 is 5.91. The molecular weight excluding hydrogens is 282 g/mol. The van der Waals surface area contributed by atoms with Gasteiger partial charge in [0, 0.05) is 18.7 Å². The molecule has 1 aliphatic rings. The maximum Gasteiger partial charge on any atom is 0.270 e. The summed E-state index contributed by atoms with van der Waals surface area (Å²) in [6.45, 7) is 2.51. The average molecular weight is 298 g/mol. The smallest absolute Gasteiger partial charge is 0.270 e. The molecule has 108 valence electrons. The number of carbonyl (C=O) groups excluding carboxylic acids is 1. The van der Waals surface area contributed by atoms with E-state index in [9.17, 15) is 14.9 Å². The van der Waals surface area contributed by atoms with Gasteiger partial charge in [-0.1, -0.05) is 11.6 Å². The van der Waals surface area contributed by atoms with E-state index in [2.05, 4.69) is 10.6 Å². The molecule has 0 unspecified atom stereocenters. The van der Waals surface area contributed by atoms with E-state index in [0.29, 0.717) is 12.5 Å². The SMILES string of the molecule is O=C(NC[C@@H]1CCCNC1)c1ccc([N+](=O)[O-])cc1Cl. The van der Waals surface area contributed by atoms with Crippen LogP contribution in [-0.4, -0.2) is 30.5 Å². The molecule has 1 aliphatic heterocycles. The summed E-state index contributed by atoms with van der Waals surface area (Å²) in [7, 11) is 0. The molecule has 0 bridgehead atoms. The normalized spacial score (nSPS) is 18.6. The van der Waals surface area contributed by atoms with Crippen LogP contribution >= 0.6 is 11.6 Å². The maximum absolute atomic E-state index is 12.0. The number of nitro benzene ring substituents is 1. The van der Waals surface area contributed by atoms with Gasteiger partial charge in [0.05, 0.1) is 15.5 Å². The number of carbonyl (C=O) groups is 1. The predicted molar refractivity (Wildman–Crippen MR) is 76.0 cm³/mol. The van der Waals surface area contributed by atoms with Gasteiger partial charge in [0.2, 0.25) is 0 Å². The third-order valence-corrected chi connectivity index (χ3v) is 3.67. The molecule has 1 aromatic rings. The van der Waals surface area contributed by atoms with Gasteiger partial charge in [-0.2, -0.15) is 0 Å². The van der Waals surface area contributed by atoms with Crippen molar-refractivity contribution in [1.29, 1.82) is 0 Å². The number of rotatable bonds is 4. The minimum atomic E-state index is -0.540. The summed E-state index contributed by atoms with van der Waals surface area (Å²) in [6.07, 6.45) is 2.19. The van der Waals surface area contributed by atoms with Crippen LogP contribution in [0.15, 0.2) is 18.2 Å². The first-order valence-electron chi connectivity index (χ1n) is 6.51. The topological polar surface area (TPSA) is 84.3 Å². The number of hydrogen-bond acceptors (Lipinski definition) is 4. The Kier molecular flexibility index (Phi) is 4.92. The molecule has 1 aromatic carbocycles. The zero-order valence-corrected chi connectivity index (χ0v) is 11.7. The van der Waals surface area contributed by atoms with Crippen LogP contribution in [-0.2, 0) is 0 Å². The van der Waals surface area contributed by atoms with Crippen LogP contribution in [0.2, 0.25) is 5.02 Å². The van der Waals surface area contributed by atoms with Crippen molar-refractivity contribution in [2.45, 2.75) is 12.8 Å². The first kappa shape index (κ1) is 14.7. The fourth-order valence-electron chi connectivity index (χ4n) is 2.23. The maximum atomic E-state index is 12.0. The molecule has 6 nitrogen and oxygen atoms in total. The Bertz CT molecular complexity index is 516. The highest BCUT2D eigenvalue weighted by Crippen LogP contribution is 2.22. The molecule has 1 fully saturated rings. The van der Waals surface area contributed by atoms with E-state index in [1.54, 1.807) is 0 Å². The van der Waals surface area contributed by atoms with Crippen LogP contribution in [0.25, 0.3) is 0 Å². The van der Waals surface area contributed by atoms with E-state index in [1.807, 2.05) is 0 Å². The summed E-state index contributed by atoms with van der Waals surface area (Å²) < 4.78 is 0. The lowest BCUT2D eigenvalue weighted by Crippen LogP contribution is -2.38. The van der Waals surface area contributed by atoms with Crippen LogP contribution in [0, 0.1) is 16.0 Å². The number of amides is 1. The van der Waals surface area contributed by atoms with Crippen molar-refractivity contribution >= 4 is 23.2 Å². The molecule has 0 spiro atoms. The molecule has 20 heavy (non-hydrogen) atoms. The number of non-ortho nitro benzene ring substituents is 1. The summed E-state index contributed by atoms with van der Waals surface area (Å²) in [5, 5.41) is 16.8.